The molecule has 92 valence electrons. The molecule has 0 bridgehead atoms. The monoisotopic (exact) mass is 238 g/mol. The van der Waals surface area contributed by atoms with Crippen molar-refractivity contribution in [3.05, 3.63) is 23.5 Å². The Morgan fingerprint density at radius 2 is 2.29 bits per heavy atom. The Morgan fingerprint density at radius 3 is 2.94 bits per heavy atom. The molecule has 0 aromatic heterocycles. The van der Waals surface area contributed by atoms with Gasteiger partial charge in [-0.05, 0) is 31.4 Å². The van der Waals surface area contributed by atoms with Crippen molar-refractivity contribution in [3.8, 4) is 5.75 Å². The molecule has 3 N–H and O–H groups in total. The predicted molar refractivity (Wildman–Crippen MR) is 62.2 cm³/mol. The molecule has 17 heavy (non-hydrogen) atoms. The zero-order chi connectivity index (χ0) is 12.4. The summed E-state index contributed by atoms with van der Waals surface area (Å²) in [6.07, 6.45) is 2.03. The van der Waals surface area contributed by atoms with Crippen molar-refractivity contribution in [2.75, 3.05) is 12.3 Å². The molecule has 1 saturated carbocycles. The second-order valence-electron chi connectivity index (χ2n) is 4.27. The first kappa shape index (κ1) is 11.7. The Morgan fingerprint density at radius 1 is 1.59 bits per heavy atom. The topological polar surface area (TPSA) is 64.3 Å². The Bertz CT molecular complexity index is 444. The first-order valence-electron chi connectivity index (χ1n) is 5.54. The number of amides is 1. The van der Waals surface area contributed by atoms with Crippen LogP contribution < -0.4 is 15.8 Å². The SMILES string of the molecule is Cc1cc(OCC(=O)NC2CC2)c(F)cc1N. The second-order valence-corrected chi connectivity index (χ2v) is 4.27. The van der Waals surface area contributed by atoms with Crippen LogP contribution in [0.4, 0.5) is 10.1 Å². The van der Waals surface area contributed by atoms with E-state index >= 15 is 0 Å². The van der Waals surface area contributed by atoms with Crippen LogP contribution in [0.5, 0.6) is 5.75 Å². The lowest BCUT2D eigenvalue weighted by Gasteiger charge is -2.09. The van der Waals surface area contributed by atoms with Gasteiger partial charge in [-0.2, -0.15) is 0 Å². The van der Waals surface area contributed by atoms with Gasteiger partial charge in [0.05, 0.1) is 0 Å². The summed E-state index contributed by atoms with van der Waals surface area (Å²) >= 11 is 0. The Hall–Kier alpha value is -1.78. The van der Waals surface area contributed by atoms with E-state index in [1.54, 1.807) is 6.92 Å². The maximum atomic E-state index is 13.4. The maximum Gasteiger partial charge on any atom is 0.258 e. The van der Waals surface area contributed by atoms with Gasteiger partial charge >= 0.3 is 0 Å². The molecule has 5 heteroatoms. The molecular formula is C12H15FN2O2. The summed E-state index contributed by atoms with van der Waals surface area (Å²) < 4.78 is 18.5. The van der Waals surface area contributed by atoms with E-state index in [0.717, 1.165) is 18.4 Å². The second kappa shape index (κ2) is 4.61. The van der Waals surface area contributed by atoms with Gasteiger partial charge in [0.25, 0.3) is 5.91 Å². The van der Waals surface area contributed by atoms with E-state index in [4.69, 9.17) is 10.5 Å². The normalized spacial score (nSPS) is 14.5. The smallest absolute Gasteiger partial charge is 0.258 e. The summed E-state index contributed by atoms with van der Waals surface area (Å²) in [6.45, 7) is 1.59. The van der Waals surface area contributed by atoms with Crippen LogP contribution in [0.25, 0.3) is 0 Å². The lowest BCUT2D eigenvalue weighted by molar-refractivity contribution is -0.123. The minimum Gasteiger partial charge on any atom is -0.481 e. The zero-order valence-electron chi connectivity index (χ0n) is 9.63. The van der Waals surface area contributed by atoms with E-state index in [9.17, 15) is 9.18 Å². The number of anilines is 1. The number of benzene rings is 1. The van der Waals surface area contributed by atoms with E-state index in [-0.39, 0.29) is 24.3 Å². The van der Waals surface area contributed by atoms with Crippen LogP contribution in [0, 0.1) is 12.7 Å². The number of rotatable bonds is 4. The molecule has 0 spiro atoms. The highest BCUT2D eigenvalue weighted by atomic mass is 19.1. The zero-order valence-corrected chi connectivity index (χ0v) is 9.63. The summed E-state index contributed by atoms with van der Waals surface area (Å²) in [5.41, 5.74) is 6.64. The number of halogens is 1. The molecule has 4 nitrogen and oxygen atoms in total. The number of ether oxygens (including phenoxy) is 1. The number of carbonyl (C=O) groups excluding carboxylic acids is 1. The van der Waals surface area contributed by atoms with E-state index in [1.165, 1.54) is 12.1 Å². The van der Waals surface area contributed by atoms with Crippen molar-refractivity contribution in [2.45, 2.75) is 25.8 Å². The van der Waals surface area contributed by atoms with Gasteiger partial charge in [0, 0.05) is 17.8 Å². The van der Waals surface area contributed by atoms with E-state index in [1.807, 2.05) is 0 Å². The standard InChI is InChI=1S/C12H15FN2O2/c1-7-4-11(9(13)5-10(7)14)17-6-12(16)15-8-2-3-8/h4-5,8H,2-3,6,14H2,1H3,(H,15,16). The number of hydrogen-bond donors (Lipinski definition) is 2. The van der Waals surface area contributed by atoms with Gasteiger partial charge in [-0.15, -0.1) is 0 Å². The highest BCUT2D eigenvalue weighted by molar-refractivity contribution is 5.78. The van der Waals surface area contributed by atoms with Crippen molar-refractivity contribution in [3.63, 3.8) is 0 Å². The lowest BCUT2D eigenvalue weighted by atomic mass is 10.2. The van der Waals surface area contributed by atoms with E-state index in [0.29, 0.717) is 5.69 Å². The van der Waals surface area contributed by atoms with Crippen molar-refractivity contribution < 1.29 is 13.9 Å². The van der Waals surface area contributed by atoms with Crippen LogP contribution in [-0.4, -0.2) is 18.6 Å². The van der Waals surface area contributed by atoms with Crippen molar-refractivity contribution in [1.29, 1.82) is 0 Å². The molecular weight excluding hydrogens is 223 g/mol. The molecule has 2 rings (SSSR count). The highest BCUT2D eigenvalue weighted by Gasteiger charge is 2.23. The number of aryl methyl sites for hydroxylation is 1. The first-order valence-corrected chi connectivity index (χ1v) is 5.54. The number of hydrogen-bond acceptors (Lipinski definition) is 3. The van der Waals surface area contributed by atoms with Gasteiger partial charge in [0.2, 0.25) is 0 Å². The minimum absolute atomic E-state index is 0.0580. The molecule has 0 heterocycles. The predicted octanol–water partition coefficient (Wildman–Crippen LogP) is 1.37. The van der Waals surface area contributed by atoms with Crippen LogP contribution in [-0.2, 0) is 4.79 Å². The molecule has 1 fully saturated rings. The average molecular weight is 238 g/mol. The molecule has 1 aliphatic carbocycles. The summed E-state index contributed by atoms with van der Waals surface area (Å²) in [5, 5.41) is 2.76. The van der Waals surface area contributed by atoms with Crippen LogP contribution in [0.1, 0.15) is 18.4 Å². The van der Waals surface area contributed by atoms with Crippen molar-refractivity contribution in [1.82, 2.24) is 5.32 Å². The molecule has 1 aromatic rings. The fraction of sp³-hybridized carbons (Fsp3) is 0.417. The lowest BCUT2D eigenvalue weighted by Crippen LogP contribution is -2.30. The summed E-state index contributed by atoms with van der Waals surface area (Å²) in [6, 6.07) is 2.97. The van der Waals surface area contributed by atoms with E-state index < -0.39 is 5.82 Å². The Labute approximate surface area is 98.9 Å². The summed E-state index contributed by atoms with van der Waals surface area (Å²) in [7, 11) is 0. The summed E-state index contributed by atoms with van der Waals surface area (Å²) in [4.78, 5) is 11.3. The molecule has 0 unspecified atom stereocenters. The molecule has 0 atom stereocenters. The summed E-state index contributed by atoms with van der Waals surface area (Å²) in [5.74, 6) is -0.712. The van der Waals surface area contributed by atoms with Gasteiger partial charge < -0.3 is 15.8 Å². The van der Waals surface area contributed by atoms with Crippen molar-refractivity contribution in [2.24, 2.45) is 0 Å². The Balaban J connectivity index is 1.93. The molecule has 1 amide bonds. The number of nitrogens with one attached hydrogen (secondary N) is 1. The minimum atomic E-state index is -0.549. The molecule has 0 saturated heterocycles. The van der Waals surface area contributed by atoms with Crippen LogP contribution in [0.2, 0.25) is 0 Å². The molecule has 0 radical (unpaired) electrons. The number of nitrogens with two attached hydrogens (primary N) is 1. The quantitative estimate of drug-likeness (QED) is 0.779. The largest absolute Gasteiger partial charge is 0.481 e. The Kier molecular flexibility index (Phi) is 3.17. The fourth-order valence-electron chi connectivity index (χ4n) is 1.42. The van der Waals surface area contributed by atoms with Gasteiger partial charge in [-0.3, -0.25) is 4.79 Å². The van der Waals surface area contributed by atoms with Crippen LogP contribution >= 0.6 is 0 Å². The van der Waals surface area contributed by atoms with Gasteiger partial charge in [-0.25, -0.2) is 4.39 Å². The molecule has 1 aliphatic rings. The third-order valence-corrected chi connectivity index (χ3v) is 2.62. The molecule has 1 aromatic carbocycles. The first-order chi connectivity index (χ1) is 8.06. The van der Waals surface area contributed by atoms with Crippen LogP contribution in [0.15, 0.2) is 12.1 Å². The van der Waals surface area contributed by atoms with Gasteiger partial charge in [-0.1, -0.05) is 0 Å². The average Bonchev–Trinajstić information content (AvgIpc) is 3.05. The third-order valence-electron chi connectivity index (χ3n) is 2.62. The van der Waals surface area contributed by atoms with Gasteiger partial charge in [0.15, 0.2) is 18.2 Å². The third kappa shape index (κ3) is 3.09. The van der Waals surface area contributed by atoms with Gasteiger partial charge in [0.1, 0.15) is 0 Å². The van der Waals surface area contributed by atoms with Crippen molar-refractivity contribution >= 4 is 11.6 Å². The van der Waals surface area contributed by atoms with E-state index in [2.05, 4.69) is 5.32 Å². The fourth-order valence-corrected chi connectivity index (χ4v) is 1.42. The maximum absolute atomic E-state index is 13.4. The highest BCUT2D eigenvalue weighted by Crippen LogP contribution is 2.23. The number of carbonyl (C=O) groups is 1. The van der Waals surface area contributed by atoms with Crippen LogP contribution in [0.3, 0.4) is 0 Å². The number of nitrogen functional groups attached to an aromatic ring is 1. The molecule has 0 aliphatic heterocycles.